The summed E-state index contributed by atoms with van der Waals surface area (Å²) in [7, 11) is 0. The lowest BCUT2D eigenvalue weighted by Gasteiger charge is -2.26. The Bertz CT molecular complexity index is 392. The molecule has 0 heterocycles. The summed E-state index contributed by atoms with van der Waals surface area (Å²) >= 11 is 5.91. The second-order valence-electron chi connectivity index (χ2n) is 5.58. The average molecular weight is 286 g/mol. The Morgan fingerprint density at radius 3 is 2.53 bits per heavy atom. The topological polar surface area (TPSA) is 12.0 Å². The van der Waals surface area contributed by atoms with Crippen LogP contribution >= 0.6 is 11.6 Å². The summed E-state index contributed by atoms with van der Waals surface area (Å²) in [4.78, 5) is 0. The summed E-state index contributed by atoms with van der Waals surface area (Å²) in [5, 5.41) is 3.64. The van der Waals surface area contributed by atoms with Crippen LogP contribution in [0.3, 0.4) is 0 Å². The van der Waals surface area contributed by atoms with Gasteiger partial charge in [-0.3, -0.25) is 0 Å². The smallest absolute Gasteiger partial charge is 0.145 e. The van der Waals surface area contributed by atoms with Crippen molar-refractivity contribution in [2.24, 2.45) is 5.92 Å². The van der Waals surface area contributed by atoms with Gasteiger partial charge < -0.3 is 5.32 Å². The minimum Gasteiger partial charge on any atom is -0.314 e. The quantitative estimate of drug-likeness (QED) is 0.743. The summed E-state index contributed by atoms with van der Waals surface area (Å²) in [5.41, 5.74) is 0.738. The fraction of sp³-hybridized carbons (Fsp3) is 0.625. The van der Waals surface area contributed by atoms with Crippen LogP contribution < -0.4 is 5.32 Å². The number of rotatable bonds is 7. The molecule has 0 radical (unpaired) electrons. The second kappa shape index (κ2) is 7.86. The minimum absolute atomic E-state index is 0.168. The third-order valence-corrected chi connectivity index (χ3v) is 3.85. The van der Waals surface area contributed by atoms with Crippen LogP contribution in [0.15, 0.2) is 18.2 Å². The fourth-order valence-corrected chi connectivity index (χ4v) is 2.63. The maximum atomic E-state index is 14.2. The van der Waals surface area contributed by atoms with Crippen molar-refractivity contribution in [1.29, 1.82) is 0 Å². The molecule has 0 bridgehead atoms. The molecule has 2 atom stereocenters. The van der Waals surface area contributed by atoms with E-state index in [9.17, 15) is 4.39 Å². The molecule has 1 aromatic carbocycles. The van der Waals surface area contributed by atoms with Crippen molar-refractivity contribution < 1.29 is 4.39 Å². The molecule has 0 aliphatic heterocycles. The lowest BCUT2D eigenvalue weighted by atomic mass is 9.84. The van der Waals surface area contributed by atoms with Crippen molar-refractivity contribution in [3.8, 4) is 0 Å². The van der Waals surface area contributed by atoms with E-state index in [0.717, 1.165) is 24.9 Å². The van der Waals surface area contributed by atoms with Crippen LogP contribution in [0.4, 0.5) is 4.39 Å². The van der Waals surface area contributed by atoms with Crippen LogP contribution in [-0.4, -0.2) is 12.6 Å². The average Bonchev–Trinajstić information content (AvgIpc) is 2.34. The van der Waals surface area contributed by atoms with Crippen LogP contribution in [0.5, 0.6) is 0 Å². The molecule has 19 heavy (non-hydrogen) atoms. The molecule has 1 rings (SSSR count). The Morgan fingerprint density at radius 1 is 1.26 bits per heavy atom. The Morgan fingerprint density at radius 2 is 1.95 bits per heavy atom. The largest absolute Gasteiger partial charge is 0.314 e. The van der Waals surface area contributed by atoms with E-state index in [0.29, 0.717) is 12.0 Å². The SMILES string of the molecule is CCCC(C)C(CNC(C)C)c1cccc(Cl)c1F. The molecule has 0 aliphatic carbocycles. The number of halogens is 2. The first-order valence-electron chi connectivity index (χ1n) is 7.14. The van der Waals surface area contributed by atoms with Crippen LogP contribution in [-0.2, 0) is 0 Å². The summed E-state index contributed by atoms with van der Waals surface area (Å²) in [6, 6.07) is 5.71. The second-order valence-corrected chi connectivity index (χ2v) is 5.99. The predicted octanol–water partition coefficient (Wildman–Crippen LogP) is 5.00. The number of hydrogen-bond acceptors (Lipinski definition) is 1. The molecule has 2 unspecified atom stereocenters. The lowest BCUT2D eigenvalue weighted by molar-refractivity contribution is 0.382. The van der Waals surface area contributed by atoms with Gasteiger partial charge in [0.05, 0.1) is 5.02 Å². The van der Waals surface area contributed by atoms with Crippen molar-refractivity contribution in [3.05, 3.63) is 34.6 Å². The molecule has 1 N–H and O–H groups in total. The van der Waals surface area contributed by atoms with Gasteiger partial charge in [-0.25, -0.2) is 4.39 Å². The summed E-state index contributed by atoms with van der Waals surface area (Å²) in [6.07, 6.45) is 2.21. The molecule has 0 amide bonds. The van der Waals surface area contributed by atoms with Crippen molar-refractivity contribution in [2.45, 2.75) is 52.5 Å². The van der Waals surface area contributed by atoms with Gasteiger partial charge in [0.15, 0.2) is 0 Å². The first-order valence-corrected chi connectivity index (χ1v) is 7.52. The minimum atomic E-state index is -0.261. The Balaban J connectivity index is 2.97. The van der Waals surface area contributed by atoms with Crippen LogP contribution in [0.25, 0.3) is 0 Å². The lowest BCUT2D eigenvalue weighted by Crippen LogP contribution is -2.31. The van der Waals surface area contributed by atoms with E-state index in [-0.39, 0.29) is 16.8 Å². The molecule has 1 nitrogen and oxygen atoms in total. The highest BCUT2D eigenvalue weighted by Crippen LogP contribution is 2.32. The molecule has 3 heteroatoms. The molecule has 0 saturated carbocycles. The Kier molecular flexibility index (Phi) is 6.81. The zero-order chi connectivity index (χ0) is 14.4. The molecule has 0 aliphatic rings. The molecular weight excluding hydrogens is 261 g/mol. The highest BCUT2D eigenvalue weighted by molar-refractivity contribution is 6.30. The first kappa shape index (κ1) is 16.5. The van der Waals surface area contributed by atoms with Gasteiger partial charge in [-0.15, -0.1) is 0 Å². The van der Waals surface area contributed by atoms with Gasteiger partial charge in [0.25, 0.3) is 0 Å². The monoisotopic (exact) mass is 285 g/mol. The Labute approximate surface area is 121 Å². The van der Waals surface area contributed by atoms with Gasteiger partial charge >= 0.3 is 0 Å². The van der Waals surface area contributed by atoms with Gasteiger partial charge in [0.2, 0.25) is 0 Å². The first-order chi connectivity index (χ1) is 8.97. The van der Waals surface area contributed by atoms with E-state index in [1.54, 1.807) is 6.07 Å². The van der Waals surface area contributed by atoms with E-state index in [1.807, 2.05) is 12.1 Å². The number of benzene rings is 1. The van der Waals surface area contributed by atoms with Gasteiger partial charge in [-0.1, -0.05) is 64.3 Å². The van der Waals surface area contributed by atoms with E-state index in [4.69, 9.17) is 11.6 Å². The van der Waals surface area contributed by atoms with E-state index >= 15 is 0 Å². The van der Waals surface area contributed by atoms with Crippen molar-refractivity contribution in [1.82, 2.24) is 5.32 Å². The highest BCUT2D eigenvalue weighted by atomic mass is 35.5. The van der Waals surface area contributed by atoms with Crippen LogP contribution in [0.2, 0.25) is 5.02 Å². The number of nitrogens with one attached hydrogen (secondary N) is 1. The molecule has 1 aromatic rings. The van der Waals surface area contributed by atoms with E-state index < -0.39 is 0 Å². The predicted molar refractivity (Wildman–Crippen MR) is 81.4 cm³/mol. The van der Waals surface area contributed by atoms with Crippen molar-refractivity contribution >= 4 is 11.6 Å². The van der Waals surface area contributed by atoms with Crippen molar-refractivity contribution in [3.63, 3.8) is 0 Å². The maximum absolute atomic E-state index is 14.2. The molecule has 0 saturated heterocycles. The normalized spacial score (nSPS) is 14.7. The molecule has 0 aromatic heterocycles. The van der Waals surface area contributed by atoms with Gasteiger partial charge in [-0.2, -0.15) is 0 Å². The van der Waals surface area contributed by atoms with Gasteiger partial charge in [0, 0.05) is 18.5 Å². The Hall–Kier alpha value is -0.600. The highest BCUT2D eigenvalue weighted by Gasteiger charge is 2.23. The van der Waals surface area contributed by atoms with Crippen molar-refractivity contribution in [2.75, 3.05) is 6.54 Å². The van der Waals surface area contributed by atoms with Crippen LogP contribution in [0, 0.1) is 11.7 Å². The van der Waals surface area contributed by atoms with Gasteiger partial charge in [0.1, 0.15) is 5.82 Å². The summed E-state index contributed by atoms with van der Waals surface area (Å²) < 4.78 is 14.2. The molecule has 0 spiro atoms. The molecule has 108 valence electrons. The van der Waals surface area contributed by atoms with E-state index in [1.165, 1.54) is 0 Å². The molecular formula is C16H25ClFN. The number of hydrogen-bond donors (Lipinski definition) is 1. The zero-order valence-corrected chi connectivity index (χ0v) is 13.1. The standard InChI is InChI=1S/C16H25ClFN/c1-5-7-12(4)14(10-19-11(2)3)13-8-6-9-15(17)16(13)18/h6,8-9,11-12,14,19H,5,7,10H2,1-4H3. The fourth-order valence-electron chi connectivity index (χ4n) is 2.44. The van der Waals surface area contributed by atoms with Crippen LogP contribution in [0.1, 0.15) is 52.0 Å². The maximum Gasteiger partial charge on any atom is 0.145 e. The third-order valence-electron chi connectivity index (χ3n) is 3.56. The third kappa shape index (κ3) is 4.77. The molecule has 0 fully saturated rings. The van der Waals surface area contributed by atoms with E-state index in [2.05, 4.69) is 33.0 Å². The van der Waals surface area contributed by atoms with Gasteiger partial charge in [-0.05, 0) is 17.5 Å². The zero-order valence-electron chi connectivity index (χ0n) is 12.3. The summed E-state index contributed by atoms with van der Waals surface area (Å²) in [6.45, 7) is 9.36. The summed E-state index contributed by atoms with van der Waals surface area (Å²) in [5.74, 6) is 0.341.